The molecule has 0 bridgehead atoms. The van der Waals surface area contributed by atoms with Crippen molar-refractivity contribution in [3.05, 3.63) is 82.8 Å². The quantitative estimate of drug-likeness (QED) is 0.356. The molecule has 0 aromatic heterocycles. The Hall–Kier alpha value is -2.99. The van der Waals surface area contributed by atoms with Gasteiger partial charge in [0.25, 0.3) is 5.91 Å². The number of ether oxygens (including phenoxy) is 3. The zero-order valence-electron chi connectivity index (χ0n) is 18.6. The Morgan fingerprint density at radius 3 is 2.09 bits per heavy atom. The molecule has 1 N–H and O–H groups in total. The van der Waals surface area contributed by atoms with Gasteiger partial charge in [0.05, 0.1) is 0 Å². The molecule has 0 heterocycles. The first kappa shape index (κ1) is 23.7. The summed E-state index contributed by atoms with van der Waals surface area (Å²) in [7, 11) is 0. The van der Waals surface area contributed by atoms with Gasteiger partial charge in [-0.3, -0.25) is 4.79 Å². The van der Waals surface area contributed by atoms with Crippen molar-refractivity contribution in [1.29, 1.82) is 0 Å². The van der Waals surface area contributed by atoms with E-state index in [1.807, 2.05) is 60.7 Å². The Kier molecular flexibility index (Phi) is 8.17. The Bertz CT molecular complexity index is 1010. The van der Waals surface area contributed by atoms with E-state index >= 15 is 0 Å². The van der Waals surface area contributed by atoms with Gasteiger partial charge < -0.3 is 19.5 Å². The summed E-state index contributed by atoms with van der Waals surface area (Å²) in [4.78, 5) is 12.4. The normalized spacial score (nSPS) is 11.0. The molecule has 32 heavy (non-hydrogen) atoms. The van der Waals surface area contributed by atoms with E-state index in [1.165, 1.54) is 0 Å². The molecule has 1 amide bonds. The van der Waals surface area contributed by atoms with Gasteiger partial charge in [0.2, 0.25) is 0 Å². The van der Waals surface area contributed by atoms with E-state index in [0.717, 1.165) is 15.8 Å². The van der Waals surface area contributed by atoms with Crippen LogP contribution in [0.4, 0.5) is 5.69 Å². The summed E-state index contributed by atoms with van der Waals surface area (Å²) in [6, 6.07) is 22.6. The van der Waals surface area contributed by atoms with Crippen LogP contribution in [-0.4, -0.2) is 25.7 Å². The van der Waals surface area contributed by atoms with Crippen LogP contribution in [0.3, 0.4) is 0 Å². The van der Waals surface area contributed by atoms with E-state index in [1.54, 1.807) is 12.1 Å². The number of benzene rings is 3. The Labute approximate surface area is 197 Å². The minimum atomic E-state index is -0.224. The third kappa shape index (κ3) is 7.31. The number of carbonyl (C=O) groups excluding carboxylic acids is 1. The molecule has 3 rings (SSSR count). The zero-order valence-corrected chi connectivity index (χ0v) is 20.1. The maximum Gasteiger partial charge on any atom is 0.262 e. The van der Waals surface area contributed by atoms with Crippen molar-refractivity contribution in [1.82, 2.24) is 0 Å². The first-order valence-electron chi connectivity index (χ1n) is 10.4. The lowest BCUT2D eigenvalue weighted by molar-refractivity contribution is -0.118. The highest BCUT2D eigenvalue weighted by atomic mass is 79.9. The van der Waals surface area contributed by atoms with Crippen LogP contribution in [0.15, 0.2) is 77.3 Å². The van der Waals surface area contributed by atoms with Gasteiger partial charge in [-0.05, 0) is 60.0 Å². The van der Waals surface area contributed by atoms with Gasteiger partial charge in [0, 0.05) is 15.7 Å². The molecule has 3 aromatic rings. The van der Waals surface area contributed by atoms with Crippen molar-refractivity contribution in [2.24, 2.45) is 0 Å². The lowest BCUT2D eigenvalue weighted by atomic mass is 9.86. The maximum atomic E-state index is 12.4. The Morgan fingerprint density at radius 1 is 0.844 bits per heavy atom. The fourth-order valence-corrected chi connectivity index (χ4v) is 3.39. The third-order valence-corrected chi connectivity index (χ3v) is 5.10. The number of halogens is 1. The Morgan fingerprint density at radius 2 is 1.47 bits per heavy atom. The van der Waals surface area contributed by atoms with Crippen LogP contribution in [0.5, 0.6) is 17.2 Å². The van der Waals surface area contributed by atoms with E-state index in [9.17, 15) is 4.79 Å². The van der Waals surface area contributed by atoms with E-state index < -0.39 is 0 Å². The largest absolute Gasteiger partial charge is 0.490 e. The highest BCUT2D eigenvalue weighted by molar-refractivity contribution is 9.10. The van der Waals surface area contributed by atoms with Crippen LogP contribution in [0, 0.1) is 0 Å². The summed E-state index contributed by atoms with van der Waals surface area (Å²) in [6.45, 7) is 7.14. The first-order chi connectivity index (χ1) is 15.3. The monoisotopic (exact) mass is 497 g/mol. The SMILES string of the molecule is CC(C)(C)c1cc(Br)ccc1OCC(=O)Nc1ccc(OCCOc2ccccc2)cc1. The molecule has 0 atom stereocenters. The summed E-state index contributed by atoms with van der Waals surface area (Å²) in [6.07, 6.45) is 0. The minimum Gasteiger partial charge on any atom is -0.490 e. The number of rotatable bonds is 9. The van der Waals surface area contributed by atoms with Crippen LogP contribution in [-0.2, 0) is 10.2 Å². The molecule has 0 saturated heterocycles. The molecule has 0 fully saturated rings. The van der Waals surface area contributed by atoms with Crippen LogP contribution < -0.4 is 19.5 Å². The maximum absolute atomic E-state index is 12.4. The van der Waals surface area contributed by atoms with E-state index in [2.05, 4.69) is 42.0 Å². The van der Waals surface area contributed by atoms with Gasteiger partial charge >= 0.3 is 0 Å². The summed E-state index contributed by atoms with van der Waals surface area (Å²) in [5, 5.41) is 2.84. The zero-order chi connectivity index (χ0) is 23.0. The molecule has 0 aliphatic carbocycles. The van der Waals surface area contributed by atoms with Gasteiger partial charge in [-0.1, -0.05) is 54.9 Å². The van der Waals surface area contributed by atoms with Crippen LogP contribution in [0.2, 0.25) is 0 Å². The highest BCUT2D eigenvalue weighted by Gasteiger charge is 2.20. The number of amides is 1. The molecule has 0 unspecified atom stereocenters. The first-order valence-corrected chi connectivity index (χ1v) is 11.2. The number of anilines is 1. The standard InChI is InChI=1S/C26H28BrNO4/c1-26(2,3)23-17-19(27)9-14-24(23)32-18-25(29)28-20-10-12-22(13-11-20)31-16-15-30-21-7-5-4-6-8-21/h4-14,17H,15-16,18H2,1-3H3,(H,28,29). The molecular formula is C26H28BrNO4. The third-order valence-electron chi connectivity index (χ3n) is 4.61. The smallest absolute Gasteiger partial charge is 0.262 e. The van der Waals surface area contributed by atoms with Crippen LogP contribution >= 0.6 is 15.9 Å². The molecule has 0 saturated carbocycles. The van der Waals surface area contributed by atoms with Crippen molar-refractivity contribution in [3.63, 3.8) is 0 Å². The molecule has 0 aliphatic heterocycles. The van der Waals surface area contributed by atoms with E-state index in [-0.39, 0.29) is 17.9 Å². The van der Waals surface area contributed by atoms with Gasteiger partial charge in [0.15, 0.2) is 6.61 Å². The number of hydrogen-bond acceptors (Lipinski definition) is 4. The summed E-state index contributed by atoms with van der Waals surface area (Å²) < 4.78 is 18.1. The fourth-order valence-electron chi connectivity index (χ4n) is 3.02. The van der Waals surface area contributed by atoms with Gasteiger partial charge in [-0.15, -0.1) is 0 Å². The Balaban J connectivity index is 1.45. The molecule has 0 aliphatic rings. The molecular weight excluding hydrogens is 470 g/mol. The fraction of sp³-hybridized carbons (Fsp3) is 0.269. The second-order valence-corrected chi connectivity index (χ2v) is 9.18. The van der Waals surface area contributed by atoms with Crippen molar-refractivity contribution in [2.45, 2.75) is 26.2 Å². The van der Waals surface area contributed by atoms with Crippen molar-refractivity contribution < 1.29 is 19.0 Å². The van der Waals surface area contributed by atoms with Crippen molar-refractivity contribution in [2.75, 3.05) is 25.1 Å². The average molecular weight is 498 g/mol. The minimum absolute atomic E-state index is 0.0697. The second-order valence-electron chi connectivity index (χ2n) is 8.26. The lowest BCUT2D eigenvalue weighted by Crippen LogP contribution is -2.22. The average Bonchev–Trinajstić information content (AvgIpc) is 2.77. The molecule has 5 nitrogen and oxygen atoms in total. The molecule has 0 radical (unpaired) electrons. The summed E-state index contributed by atoms with van der Waals surface area (Å²) in [5.41, 5.74) is 1.62. The predicted octanol–water partition coefficient (Wildman–Crippen LogP) is 6.22. The lowest BCUT2D eigenvalue weighted by Gasteiger charge is -2.23. The van der Waals surface area contributed by atoms with E-state index in [0.29, 0.717) is 30.4 Å². The van der Waals surface area contributed by atoms with Crippen molar-refractivity contribution >= 4 is 27.5 Å². The van der Waals surface area contributed by atoms with Gasteiger partial charge in [0.1, 0.15) is 30.5 Å². The van der Waals surface area contributed by atoms with Crippen molar-refractivity contribution in [3.8, 4) is 17.2 Å². The van der Waals surface area contributed by atoms with Gasteiger partial charge in [-0.25, -0.2) is 0 Å². The molecule has 168 valence electrons. The van der Waals surface area contributed by atoms with E-state index in [4.69, 9.17) is 14.2 Å². The highest BCUT2D eigenvalue weighted by Crippen LogP contribution is 2.33. The number of para-hydroxylation sites is 1. The number of hydrogen-bond donors (Lipinski definition) is 1. The summed E-state index contributed by atoms with van der Waals surface area (Å²) in [5.74, 6) is 2.00. The number of nitrogens with one attached hydrogen (secondary N) is 1. The molecule has 6 heteroatoms. The molecule has 3 aromatic carbocycles. The van der Waals surface area contributed by atoms with Crippen LogP contribution in [0.1, 0.15) is 26.3 Å². The topological polar surface area (TPSA) is 56.8 Å². The molecule has 0 spiro atoms. The number of carbonyl (C=O) groups is 1. The second kappa shape index (κ2) is 11.0. The summed E-state index contributed by atoms with van der Waals surface area (Å²) >= 11 is 3.50. The van der Waals surface area contributed by atoms with Gasteiger partial charge in [-0.2, -0.15) is 0 Å². The predicted molar refractivity (Wildman–Crippen MR) is 131 cm³/mol. The van der Waals surface area contributed by atoms with Crippen LogP contribution in [0.25, 0.3) is 0 Å².